The third kappa shape index (κ3) is 2.33. The van der Waals surface area contributed by atoms with Gasteiger partial charge in [-0.3, -0.25) is 9.59 Å². The lowest BCUT2D eigenvalue weighted by Gasteiger charge is -2.25. The van der Waals surface area contributed by atoms with Gasteiger partial charge in [-0.2, -0.15) is 0 Å². The number of allylic oxidation sites excluding steroid dienone is 2. The van der Waals surface area contributed by atoms with Crippen LogP contribution in [0.1, 0.15) is 52.8 Å². The lowest BCUT2D eigenvalue weighted by molar-refractivity contribution is 0.0618. The molecule has 0 atom stereocenters. The highest BCUT2D eigenvalue weighted by Gasteiger charge is 2.28. The number of hydrogen-bond donors (Lipinski definition) is 0. The molecule has 0 radical (unpaired) electrons. The molecular formula is C16H16O3. The summed E-state index contributed by atoms with van der Waals surface area (Å²) >= 11 is 0. The van der Waals surface area contributed by atoms with Crippen LogP contribution in [0.4, 0.5) is 0 Å². The normalized spacial score (nSPS) is 19.9. The summed E-state index contributed by atoms with van der Waals surface area (Å²) in [5, 5.41) is 0. The van der Waals surface area contributed by atoms with Crippen LogP contribution in [-0.4, -0.2) is 17.7 Å². The van der Waals surface area contributed by atoms with E-state index in [0.29, 0.717) is 11.1 Å². The Kier molecular flexibility index (Phi) is 3.20. The van der Waals surface area contributed by atoms with Gasteiger partial charge in [0.2, 0.25) is 5.78 Å². The Balaban J connectivity index is 1.84. The maximum absolute atomic E-state index is 12.3. The van der Waals surface area contributed by atoms with E-state index in [4.69, 9.17) is 4.74 Å². The van der Waals surface area contributed by atoms with Crippen LogP contribution >= 0.6 is 0 Å². The largest absolute Gasteiger partial charge is 0.486 e. The first-order chi connectivity index (χ1) is 9.25. The van der Waals surface area contributed by atoms with Crippen molar-refractivity contribution >= 4 is 11.6 Å². The van der Waals surface area contributed by atoms with Gasteiger partial charge in [0.15, 0.2) is 11.5 Å². The molecule has 2 aliphatic rings. The predicted molar refractivity (Wildman–Crippen MR) is 71.1 cm³/mol. The number of ketones is 2. The summed E-state index contributed by atoms with van der Waals surface area (Å²) < 4.78 is 5.76. The number of fused-ring (bicyclic) bond motifs is 1. The van der Waals surface area contributed by atoms with Crippen LogP contribution in [0.3, 0.4) is 0 Å². The lowest BCUT2D eigenvalue weighted by Crippen LogP contribution is -2.24. The fourth-order valence-corrected chi connectivity index (χ4v) is 2.74. The van der Waals surface area contributed by atoms with Gasteiger partial charge in [-0.05, 0) is 25.7 Å². The first-order valence-corrected chi connectivity index (χ1v) is 6.82. The Morgan fingerprint density at radius 1 is 0.947 bits per heavy atom. The molecule has 0 N–H and O–H groups in total. The van der Waals surface area contributed by atoms with Crippen LogP contribution in [0.5, 0.6) is 0 Å². The Morgan fingerprint density at radius 3 is 2.37 bits per heavy atom. The van der Waals surface area contributed by atoms with Crippen molar-refractivity contribution in [1.82, 2.24) is 0 Å². The Morgan fingerprint density at radius 2 is 1.63 bits per heavy atom. The van der Waals surface area contributed by atoms with Crippen LogP contribution in [-0.2, 0) is 4.74 Å². The van der Waals surface area contributed by atoms with Gasteiger partial charge in [0.25, 0.3) is 0 Å². The fourth-order valence-electron chi connectivity index (χ4n) is 2.74. The Hall–Kier alpha value is -1.90. The zero-order valence-electron chi connectivity index (χ0n) is 10.7. The summed E-state index contributed by atoms with van der Waals surface area (Å²) in [6.07, 6.45) is 6.88. The maximum Gasteiger partial charge on any atom is 0.228 e. The average Bonchev–Trinajstić information content (AvgIpc) is 2.46. The van der Waals surface area contributed by atoms with Crippen LogP contribution in [0.2, 0.25) is 0 Å². The third-order valence-corrected chi connectivity index (χ3v) is 3.77. The molecule has 3 rings (SSSR count). The monoisotopic (exact) mass is 256 g/mol. The number of Topliss-reactive ketones (excluding diaryl/α,β-unsaturated/α-hetero) is 1. The van der Waals surface area contributed by atoms with Gasteiger partial charge in [0.05, 0.1) is 6.10 Å². The SMILES string of the molecule is O=C1C=C(OC2CCCCC2)C(=O)c2ccccc21. The van der Waals surface area contributed by atoms with Crippen molar-refractivity contribution in [1.29, 1.82) is 0 Å². The second-order valence-electron chi connectivity index (χ2n) is 5.13. The molecule has 3 heteroatoms. The standard InChI is InChI=1S/C16H16O3/c17-14-10-15(19-11-6-2-1-3-7-11)16(18)13-9-5-4-8-12(13)14/h4-5,8-11H,1-3,6-7H2. The zero-order valence-corrected chi connectivity index (χ0v) is 10.7. The van der Waals surface area contributed by atoms with Crippen LogP contribution in [0, 0.1) is 0 Å². The quantitative estimate of drug-likeness (QED) is 0.815. The van der Waals surface area contributed by atoms with Gasteiger partial charge in [-0.1, -0.05) is 30.7 Å². The van der Waals surface area contributed by atoms with Crippen molar-refractivity contribution in [3.05, 3.63) is 47.2 Å². The lowest BCUT2D eigenvalue weighted by atomic mass is 9.93. The second-order valence-corrected chi connectivity index (χ2v) is 5.13. The molecule has 0 spiro atoms. The van der Waals surface area contributed by atoms with Crippen LogP contribution < -0.4 is 0 Å². The second kappa shape index (κ2) is 5.00. The van der Waals surface area contributed by atoms with Crippen molar-refractivity contribution in [2.45, 2.75) is 38.2 Å². The van der Waals surface area contributed by atoms with E-state index in [9.17, 15) is 9.59 Å². The summed E-state index contributed by atoms with van der Waals surface area (Å²) in [6, 6.07) is 6.91. The Bertz CT molecular complexity index is 551. The molecular weight excluding hydrogens is 240 g/mol. The minimum atomic E-state index is -0.166. The first-order valence-electron chi connectivity index (χ1n) is 6.82. The molecule has 1 saturated carbocycles. The van der Waals surface area contributed by atoms with Crippen molar-refractivity contribution in [3.8, 4) is 0 Å². The number of ether oxygens (including phenoxy) is 1. The molecule has 0 bridgehead atoms. The van der Waals surface area contributed by atoms with Gasteiger partial charge >= 0.3 is 0 Å². The number of hydrogen-bond acceptors (Lipinski definition) is 3. The maximum atomic E-state index is 12.3. The number of benzene rings is 1. The molecule has 19 heavy (non-hydrogen) atoms. The molecule has 98 valence electrons. The molecule has 1 aromatic carbocycles. The Labute approximate surface area is 112 Å². The van der Waals surface area contributed by atoms with Crippen LogP contribution in [0.15, 0.2) is 36.1 Å². The zero-order chi connectivity index (χ0) is 13.2. The van der Waals surface area contributed by atoms with E-state index in [1.54, 1.807) is 24.3 Å². The van der Waals surface area contributed by atoms with E-state index in [1.165, 1.54) is 12.5 Å². The number of carbonyl (C=O) groups excluding carboxylic acids is 2. The molecule has 0 saturated heterocycles. The van der Waals surface area contributed by atoms with E-state index in [2.05, 4.69) is 0 Å². The molecule has 1 aromatic rings. The fraction of sp³-hybridized carbons (Fsp3) is 0.375. The summed E-state index contributed by atoms with van der Waals surface area (Å²) in [6.45, 7) is 0. The molecule has 0 unspecified atom stereocenters. The number of carbonyl (C=O) groups is 2. The molecule has 2 aliphatic carbocycles. The van der Waals surface area contributed by atoms with Crippen molar-refractivity contribution < 1.29 is 14.3 Å². The molecule has 0 amide bonds. The van der Waals surface area contributed by atoms with E-state index in [-0.39, 0.29) is 23.4 Å². The van der Waals surface area contributed by atoms with Gasteiger partial charge in [-0.25, -0.2) is 0 Å². The molecule has 3 nitrogen and oxygen atoms in total. The summed E-state index contributed by atoms with van der Waals surface area (Å²) in [5.74, 6) is -0.0858. The summed E-state index contributed by atoms with van der Waals surface area (Å²) in [7, 11) is 0. The smallest absolute Gasteiger partial charge is 0.228 e. The summed E-state index contributed by atoms with van der Waals surface area (Å²) in [4.78, 5) is 24.3. The average molecular weight is 256 g/mol. The van der Waals surface area contributed by atoms with Crippen molar-refractivity contribution in [3.63, 3.8) is 0 Å². The highest BCUT2D eigenvalue weighted by molar-refractivity contribution is 6.23. The number of rotatable bonds is 2. The highest BCUT2D eigenvalue weighted by Crippen LogP contribution is 2.27. The van der Waals surface area contributed by atoms with Gasteiger partial charge in [0, 0.05) is 17.2 Å². The minimum Gasteiger partial charge on any atom is -0.486 e. The van der Waals surface area contributed by atoms with Gasteiger partial charge in [0.1, 0.15) is 0 Å². The first kappa shape index (κ1) is 12.2. The molecule has 1 fully saturated rings. The highest BCUT2D eigenvalue weighted by atomic mass is 16.5. The topological polar surface area (TPSA) is 43.4 Å². The van der Waals surface area contributed by atoms with E-state index < -0.39 is 0 Å². The molecule has 0 aliphatic heterocycles. The van der Waals surface area contributed by atoms with Crippen molar-refractivity contribution in [2.75, 3.05) is 0 Å². The van der Waals surface area contributed by atoms with Crippen molar-refractivity contribution in [2.24, 2.45) is 0 Å². The summed E-state index contributed by atoms with van der Waals surface area (Å²) in [5.41, 5.74) is 0.935. The van der Waals surface area contributed by atoms with Gasteiger partial charge in [-0.15, -0.1) is 0 Å². The van der Waals surface area contributed by atoms with E-state index >= 15 is 0 Å². The predicted octanol–water partition coefficient (Wildman–Crippen LogP) is 3.30. The van der Waals surface area contributed by atoms with E-state index in [1.807, 2.05) is 0 Å². The van der Waals surface area contributed by atoms with Crippen LogP contribution in [0.25, 0.3) is 0 Å². The minimum absolute atomic E-state index is 0.0852. The molecule has 0 aromatic heterocycles. The van der Waals surface area contributed by atoms with Gasteiger partial charge < -0.3 is 4.74 Å². The molecule has 0 heterocycles. The third-order valence-electron chi connectivity index (χ3n) is 3.77. The van der Waals surface area contributed by atoms with E-state index in [0.717, 1.165) is 25.7 Å².